The summed E-state index contributed by atoms with van der Waals surface area (Å²) in [5, 5.41) is 3.47. The van der Waals surface area contributed by atoms with Gasteiger partial charge < -0.3 is 10.2 Å². The van der Waals surface area contributed by atoms with Crippen LogP contribution in [0.25, 0.3) is 0 Å². The first-order valence-corrected chi connectivity index (χ1v) is 6.48. The molecule has 3 heteroatoms. The van der Waals surface area contributed by atoms with Gasteiger partial charge >= 0.3 is 0 Å². The van der Waals surface area contributed by atoms with E-state index in [2.05, 4.69) is 35.9 Å². The fourth-order valence-corrected chi connectivity index (χ4v) is 2.29. The van der Waals surface area contributed by atoms with Crippen molar-refractivity contribution in [3.63, 3.8) is 0 Å². The molecule has 3 nitrogen and oxygen atoms in total. The molecule has 1 unspecified atom stereocenters. The first kappa shape index (κ1) is 12.9. The minimum atomic E-state index is 0.740. The van der Waals surface area contributed by atoms with Gasteiger partial charge in [-0.15, -0.1) is 0 Å². The van der Waals surface area contributed by atoms with Crippen molar-refractivity contribution in [1.29, 1.82) is 0 Å². The average Bonchev–Trinajstić information content (AvgIpc) is 2.31. The summed E-state index contributed by atoms with van der Waals surface area (Å²) >= 11 is 0. The van der Waals surface area contributed by atoms with E-state index in [1.807, 2.05) is 0 Å². The lowest BCUT2D eigenvalue weighted by Gasteiger charge is -2.38. The molecule has 1 rings (SSSR count). The number of nitrogens with one attached hydrogen (secondary N) is 1. The normalized spacial score (nSPS) is 21.8. The summed E-state index contributed by atoms with van der Waals surface area (Å²) in [4.78, 5) is 5.19. The highest BCUT2D eigenvalue weighted by Crippen LogP contribution is 2.08. The number of piperazine rings is 1. The summed E-state index contributed by atoms with van der Waals surface area (Å²) in [6.07, 6.45) is 1.26. The lowest BCUT2D eigenvalue weighted by atomic mass is 10.1. The van der Waals surface area contributed by atoms with Crippen LogP contribution in [-0.2, 0) is 0 Å². The van der Waals surface area contributed by atoms with Crippen LogP contribution in [0, 0.1) is 0 Å². The molecule has 0 aromatic heterocycles. The summed E-state index contributed by atoms with van der Waals surface area (Å²) in [6.45, 7) is 15.2. The van der Waals surface area contributed by atoms with Crippen LogP contribution in [0.3, 0.4) is 0 Å². The maximum atomic E-state index is 3.47. The molecule has 0 aromatic rings. The van der Waals surface area contributed by atoms with Gasteiger partial charge in [-0.3, -0.25) is 4.90 Å². The van der Waals surface area contributed by atoms with Crippen molar-refractivity contribution in [2.75, 3.05) is 45.8 Å². The predicted octanol–water partition coefficient (Wildman–Crippen LogP) is 1.01. The fraction of sp³-hybridized carbons (Fsp3) is 1.00. The van der Waals surface area contributed by atoms with Gasteiger partial charge in [-0.05, 0) is 19.5 Å². The van der Waals surface area contributed by atoms with Gasteiger partial charge in [0.2, 0.25) is 0 Å². The molecule has 0 amide bonds. The van der Waals surface area contributed by atoms with Crippen molar-refractivity contribution in [3.8, 4) is 0 Å². The lowest BCUT2D eigenvalue weighted by molar-refractivity contribution is 0.0967. The highest BCUT2D eigenvalue weighted by Gasteiger charge is 2.21. The molecule has 15 heavy (non-hydrogen) atoms. The van der Waals surface area contributed by atoms with Gasteiger partial charge in [0.15, 0.2) is 0 Å². The Morgan fingerprint density at radius 2 is 1.73 bits per heavy atom. The molecule has 1 atom stereocenters. The Bertz CT molecular complexity index is 153. The van der Waals surface area contributed by atoms with Crippen molar-refractivity contribution < 1.29 is 0 Å². The molecule has 1 aliphatic rings. The Morgan fingerprint density at radius 1 is 1.07 bits per heavy atom. The van der Waals surface area contributed by atoms with E-state index in [0.717, 1.165) is 19.1 Å². The molecule has 0 spiro atoms. The van der Waals surface area contributed by atoms with Crippen LogP contribution in [-0.4, -0.2) is 61.7 Å². The van der Waals surface area contributed by atoms with E-state index in [4.69, 9.17) is 0 Å². The number of likely N-dealkylation sites (N-methyl/N-ethyl adjacent to an activating group) is 2. The Kier molecular flexibility index (Phi) is 6.22. The molecule has 1 aliphatic heterocycles. The van der Waals surface area contributed by atoms with Gasteiger partial charge in [0.25, 0.3) is 0 Å². The van der Waals surface area contributed by atoms with Gasteiger partial charge in [0, 0.05) is 38.8 Å². The van der Waals surface area contributed by atoms with Crippen LogP contribution in [0.4, 0.5) is 0 Å². The Labute approximate surface area is 94.8 Å². The number of hydrogen-bond donors (Lipinski definition) is 1. The zero-order valence-electron chi connectivity index (χ0n) is 10.6. The number of rotatable bonds is 6. The third kappa shape index (κ3) is 4.09. The topological polar surface area (TPSA) is 18.5 Å². The standard InChI is InChI=1S/C12H27N3/c1-4-12(11-13-5-2)15-9-7-14(6-3)8-10-15/h12-13H,4-11H2,1-3H3. The van der Waals surface area contributed by atoms with Gasteiger partial charge in [0.05, 0.1) is 0 Å². The molecule has 1 saturated heterocycles. The largest absolute Gasteiger partial charge is 0.315 e. The van der Waals surface area contributed by atoms with Gasteiger partial charge in [0.1, 0.15) is 0 Å². The highest BCUT2D eigenvalue weighted by molar-refractivity contribution is 4.78. The van der Waals surface area contributed by atoms with Crippen molar-refractivity contribution in [2.45, 2.75) is 33.2 Å². The van der Waals surface area contributed by atoms with E-state index in [1.165, 1.54) is 39.1 Å². The Morgan fingerprint density at radius 3 is 2.20 bits per heavy atom. The van der Waals surface area contributed by atoms with Crippen LogP contribution < -0.4 is 5.32 Å². The minimum absolute atomic E-state index is 0.740. The van der Waals surface area contributed by atoms with E-state index in [-0.39, 0.29) is 0 Å². The van der Waals surface area contributed by atoms with Gasteiger partial charge in [-0.25, -0.2) is 0 Å². The van der Waals surface area contributed by atoms with Crippen LogP contribution in [0.5, 0.6) is 0 Å². The summed E-state index contributed by atoms with van der Waals surface area (Å²) < 4.78 is 0. The zero-order chi connectivity index (χ0) is 11.1. The van der Waals surface area contributed by atoms with Crippen LogP contribution >= 0.6 is 0 Å². The average molecular weight is 213 g/mol. The molecular formula is C12H27N3. The molecule has 0 bridgehead atoms. The van der Waals surface area contributed by atoms with Crippen molar-refractivity contribution in [3.05, 3.63) is 0 Å². The first-order valence-electron chi connectivity index (χ1n) is 6.48. The summed E-state index contributed by atoms with van der Waals surface area (Å²) in [6, 6.07) is 0.740. The van der Waals surface area contributed by atoms with E-state index < -0.39 is 0 Å². The van der Waals surface area contributed by atoms with E-state index in [9.17, 15) is 0 Å². The monoisotopic (exact) mass is 213 g/mol. The second kappa shape index (κ2) is 7.20. The quantitative estimate of drug-likeness (QED) is 0.710. The zero-order valence-corrected chi connectivity index (χ0v) is 10.6. The number of nitrogens with zero attached hydrogens (tertiary/aromatic N) is 2. The molecule has 0 aliphatic carbocycles. The second-order valence-electron chi connectivity index (χ2n) is 4.34. The Hall–Kier alpha value is -0.120. The molecule has 1 heterocycles. The van der Waals surface area contributed by atoms with Gasteiger partial charge in [-0.2, -0.15) is 0 Å². The predicted molar refractivity (Wildman–Crippen MR) is 66.3 cm³/mol. The van der Waals surface area contributed by atoms with Crippen LogP contribution in [0.15, 0.2) is 0 Å². The SMILES string of the molecule is CCNCC(CC)N1CCN(CC)CC1. The highest BCUT2D eigenvalue weighted by atomic mass is 15.3. The second-order valence-corrected chi connectivity index (χ2v) is 4.34. The minimum Gasteiger partial charge on any atom is -0.315 e. The molecular weight excluding hydrogens is 186 g/mol. The van der Waals surface area contributed by atoms with Crippen LogP contribution in [0.1, 0.15) is 27.2 Å². The smallest absolute Gasteiger partial charge is 0.0219 e. The first-order chi connectivity index (χ1) is 7.31. The molecule has 90 valence electrons. The molecule has 0 saturated carbocycles. The van der Waals surface area contributed by atoms with Crippen molar-refractivity contribution in [2.24, 2.45) is 0 Å². The molecule has 0 aromatic carbocycles. The molecule has 0 radical (unpaired) electrons. The summed E-state index contributed by atoms with van der Waals surface area (Å²) in [5.41, 5.74) is 0. The summed E-state index contributed by atoms with van der Waals surface area (Å²) in [5.74, 6) is 0. The van der Waals surface area contributed by atoms with E-state index in [1.54, 1.807) is 0 Å². The van der Waals surface area contributed by atoms with Crippen molar-refractivity contribution >= 4 is 0 Å². The maximum absolute atomic E-state index is 3.47. The van der Waals surface area contributed by atoms with E-state index >= 15 is 0 Å². The Balaban J connectivity index is 2.29. The third-order valence-corrected chi connectivity index (χ3v) is 3.47. The van der Waals surface area contributed by atoms with E-state index in [0.29, 0.717) is 0 Å². The summed E-state index contributed by atoms with van der Waals surface area (Å²) in [7, 11) is 0. The number of hydrogen-bond acceptors (Lipinski definition) is 3. The van der Waals surface area contributed by atoms with Crippen molar-refractivity contribution in [1.82, 2.24) is 15.1 Å². The van der Waals surface area contributed by atoms with Gasteiger partial charge in [-0.1, -0.05) is 20.8 Å². The third-order valence-electron chi connectivity index (χ3n) is 3.47. The van der Waals surface area contributed by atoms with Crippen LogP contribution in [0.2, 0.25) is 0 Å². The maximum Gasteiger partial charge on any atom is 0.0219 e. The fourth-order valence-electron chi connectivity index (χ4n) is 2.29. The lowest BCUT2D eigenvalue weighted by Crippen LogP contribution is -2.52. The molecule has 1 fully saturated rings. The molecule has 1 N–H and O–H groups in total.